The fourth-order valence-electron chi connectivity index (χ4n) is 2.12. The highest BCUT2D eigenvalue weighted by Gasteiger charge is 2.07. The number of amides is 3. The van der Waals surface area contributed by atoms with Gasteiger partial charge in [0.15, 0.2) is 0 Å². The summed E-state index contributed by atoms with van der Waals surface area (Å²) in [7, 11) is 1.58. The molecule has 0 spiro atoms. The van der Waals surface area contributed by atoms with E-state index in [1.807, 2.05) is 6.92 Å². The number of rotatable bonds is 6. The molecule has 3 amide bonds. The Bertz CT molecular complexity index is 748. The van der Waals surface area contributed by atoms with Crippen LogP contribution in [0.1, 0.15) is 12.0 Å². The summed E-state index contributed by atoms with van der Waals surface area (Å²) in [6.45, 7) is 2.09. The Morgan fingerprint density at radius 1 is 1.08 bits per heavy atom. The first kappa shape index (κ1) is 18.6. The average molecular weight is 362 g/mol. The molecule has 0 saturated carbocycles. The van der Waals surface area contributed by atoms with E-state index < -0.39 is 0 Å². The van der Waals surface area contributed by atoms with E-state index in [1.54, 1.807) is 49.6 Å². The first-order valence-corrected chi connectivity index (χ1v) is 8.10. The summed E-state index contributed by atoms with van der Waals surface area (Å²) in [5.41, 5.74) is 2.22. The fourth-order valence-corrected chi connectivity index (χ4v) is 2.35. The minimum atomic E-state index is -0.374. The van der Waals surface area contributed by atoms with Crippen molar-refractivity contribution < 1.29 is 14.3 Å². The second-order valence-electron chi connectivity index (χ2n) is 5.37. The van der Waals surface area contributed by atoms with Crippen molar-refractivity contribution in [2.24, 2.45) is 0 Å². The maximum absolute atomic E-state index is 11.9. The fraction of sp³-hybridized carbons (Fsp3) is 0.222. The van der Waals surface area contributed by atoms with Crippen LogP contribution >= 0.6 is 11.6 Å². The van der Waals surface area contributed by atoms with Crippen LogP contribution in [0.2, 0.25) is 5.02 Å². The van der Waals surface area contributed by atoms with Crippen molar-refractivity contribution in [1.29, 1.82) is 0 Å². The van der Waals surface area contributed by atoms with Crippen LogP contribution in [-0.2, 0) is 4.79 Å². The molecule has 6 nitrogen and oxygen atoms in total. The summed E-state index contributed by atoms with van der Waals surface area (Å²) in [5, 5.41) is 8.73. The molecule has 0 atom stereocenters. The van der Waals surface area contributed by atoms with Gasteiger partial charge in [0.05, 0.1) is 7.11 Å². The molecule has 0 fully saturated rings. The molecular formula is C18H20ClN3O3. The van der Waals surface area contributed by atoms with Gasteiger partial charge in [-0.1, -0.05) is 11.6 Å². The highest BCUT2D eigenvalue weighted by atomic mass is 35.5. The van der Waals surface area contributed by atoms with Gasteiger partial charge in [0.2, 0.25) is 5.91 Å². The Balaban J connectivity index is 1.73. The van der Waals surface area contributed by atoms with E-state index in [4.69, 9.17) is 16.3 Å². The molecule has 0 saturated heterocycles. The molecular weight excluding hydrogens is 342 g/mol. The van der Waals surface area contributed by atoms with Crippen molar-refractivity contribution in [3.05, 3.63) is 53.1 Å². The smallest absolute Gasteiger partial charge is 0.319 e. The lowest BCUT2D eigenvalue weighted by molar-refractivity contribution is -0.116. The molecule has 2 aromatic carbocycles. The number of ether oxygens (including phenoxy) is 1. The summed E-state index contributed by atoms with van der Waals surface area (Å²) < 4.78 is 5.05. The quantitative estimate of drug-likeness (QED) is 0.732. The third-order valence-electron chi connectivity index (χ3n) is 3.45. The molecule has 2 aromatic rings. The number of anilines is 2. The van der Waals surface area contributed by atoms with Crippen LogP contribution in [0.5, 0.6) is 5.75 Å². The third-order valence-corrected chi connectivity index (χ3v) is 3.68. The van der Waals surface area contributed by atoms with Gasteiger partial charge in [0.1, 0.15) is 5.75 Å². The van der Waals surface area contributed by atoms with Gasteiger partial charge in [-0.05, 0) is 55.0 Å². The normalized spacial score (nSPS) is 10.0. The zero-order valence-electron chi connectivity index (χ0n) is 14.1. The number of hydrogen-bond donors (Lipinski definition) is 3. The summed E-state index contributed by atoms with van der Waals surface area (Å²) in [6.07, 6.45) is 0.165. The van der Waals surface area contributed by atoms with Gasteiger partial charge in [-0.3, -0.25) is 4.79 Å². The van der Waals surface area contributed by atoms with E-state index in [9.17, 15) is 9.59 Å². The predicted octanol–water partition coefficient (Wildman–Crippen LogP) is 3.81. The maximum Gasteiger partial charge on any atom is 0.319 e. The second kappa shape index (κ2) is 8.94. The highest BCUT2D eigenvalue weighted by Crippen LogP contribution is 2.19. The molecule has 2 rings (SSSR count). The molecule has 3 N–H and O–H groups in total. The Hall–Kier alpha value is -2.73. The molecule has 0 bridgehead atoms. The monoisotopic (exact) mass is 361 g/mol. The van der Waals surface area contributed by atoms with Gasteiger partial charge < -0.3 is 20.7 Å². The molecule has 0 aliphatic heterocycles. The SMILES string of the molecule is COc1ccc(NC(=O)NCCC(=O)Nc2ccc(Cl)cc2C)cc1. The average Bonchev–Trinajstić information content (AvgIpc) is 2.58. The van der Waals surface area contributed by atoms with Gasteiger partial charge in [-0.25, -0.2) is 4.79 Å². The first-order valence-electron chi connectivity index (χ1n) is 7.73. The Kier molecular flexibility index (Phi) is 6.65. The molecule has 7 heteroatoms. The zero-order valence-corrected chi connectivity index (χ0v) is 14.8. The van der Waals surface area contributed by atoms with Crippen molar-refractivity contribution in [2.75, 3.05) is 24.3 Å². The second-order valence-corrected chi connectivity index (χ2v) is 5.80. The molecule has 132 valence electrons. The van der Waals surface area contributed by atoms with Gasteiger partial charge >= 0.3 is 6.03 Å². The van der Waals surface area contributed by atoms with E-state index in [0.29, 0.717) is 22.1 Å². The lowest BCUT2D eigenvalue weighted by atomic mass is 10.2. The predicted molar refractivity (Wildman–Crippen MR) is 99.5 cm³/mol. The summed E-state index contributed by atoms with van der Waals surface area (Å²) >= 11 is 5.88. The maximum atomic E-state index is 11.9. The van der Waals surface area contributed by atoms with Gasteiger partial charge in [0, 0.05) is 29.4 Å². The molecule has 0 unspecified atom stereocenters. The Morgan fingerprint density at radius 3 is 2.44 bits per heavy atom. The third kappa shape index (κ3) is 6.00. The van der Waals surface area contributed by atoms with E-state index in [2.05, 4.69) is 16.0 Å². The van der Waals surface area contributed by atoms with Crippen molar-refractivity contribution in [1.82, 2.24) is 5.32 Å². The van der Waals surface area contributed by atoms with Crippen LogP contribution in [0.25, 0.3) is 0 Å². The Morgan fingerprint density at radius 2 is 1.80 bits per heavy atom. The number of aryl methyl sites for hydroxylation is 1. The highest BCUT2D eigenvalue weighted by molar-refractivity contribution is 6.30. The van der Waals surface area contributed by atoms with Crippen molar-refractivity contribution in [3.8, 4) is 5.75 Å². The van der Waals surface area contributed by atoms with Crippen LogP contribution in [0.4, 0.5) is 16.2 Å². The minimum absolute atomic E-state index is 0.165. The topological polar surface area (TPSA) is 79.5 Å². The zero-order chi connectivity index (χ0) is 18.2. The number of hydrogen-bond acceptors (Lipinski definition) is 3. The van der Waals surface area contributed by atoms with E-state index in [-0.39, 0.29) is 24.9 Å². The van der Waals surface area contributed by atoms with Crippen molar-refractivity contribution >= 4 is 34.9 Å². The van der Waals surface area contributed by atoms with Crippen molar-refractivity contribution in [2.45, 2.75) is 13.3 Å². The van der Waals surface area contributed by atoms with E-state index in [1.165, 1.54) is 0 Å². The van der Waals surface area contributed by atoms with Crippen LogP contribution in [0.15, 0.2) is 42.5 Å². The van der Waals surface area contributed by atoms with Crippen LogP contribution in [-0.4, -0.2) is 25.6 Å². The number of carbonyl (C=O) groups is 2. The lowest BCUT2D eigenvalue weighted by Crippen LogP contribution is -2.31. The molecule has 0 heterocycles. The number of urea groups is 1. The number of methoxy groups -OCH3 is 1. The van der Waals surface area contributed by atoms with Crippen LogP contribution in [0, 0.1) is 6.92 Å². The largest absolute Gasteiger partial charge is 0.497 e. The number of halogens is 1. The van der Waals surface area contributed by atoms with Gasteiger partial charge in [-0.2, -0.15) is 0 Å². The minimum Gasteiger partial charge on any atom is -0.497 e. The molecule has 0 aliphatic carbocycles. The summed E-state index contributed by atoms with van der Waals surface area (Å²) in [6, 6.07) is 11.8. The summed E-state index contributed by atoms with van der Waals surface area (Å²) in [4.78, 5) is 23.7. The van der Waals surface area contributed by atoms with Crippen LogP contribution in [0.3, 0.4) is 0 Å². The number of benzene rings is 2. The number of nitrogens with one attached hydrogen (secondary N) is 3. The molecule has 25 heavy (non-hydrogen) atoms. The van der Waals surface area contributed by atoms with Crippen molar-refractivity contribution in [3.63, 3.8) is 0 Å². The van der Waals surface area contributed by atoms with Crippen LogP contribution < -0.4 is 20.7 Å². The van der Waals surface area contributed by atoms with E-state index in [0.717, 1.165) is 5.56 Å². The molecule has 0 aliphatic rings. The standard InChI is InChI=1S/C18H20ClN3O3/c1-12-11-13(19)3-8-16(12)22-17(23)9-10-20-18(24)21-14-4-6-15(25-2)7-5-14/h3-8,11H,9-10H2,1-2H3,(H,22,23)(H2,20,21,24). The van der Waals surface area contributed by atoms with Gasteiger partial charge in [0.25, 0.3) is 0 Å². The molecule has 0 aromatic heterocycles. The van der Waals surface area contributed by atoms with E-state index >= 15 is 0 Å². The number of carbonyl (C=O) groups excluding carboxylic acids is 2. The molecule has 0 radical (unpaired) electrons. The van der Waals surface area contributed by atoms with Gasteiger partial charge in [-0.15, -0.1) is 0 Å². The Labute approximate surface area is 151 Å². The lowest BCUT2D eigenvalue weighted by Gasteiger charge is -2.10. The summed E-state index contributed by atoms with van der Waals surface area (Å²) in [5.74, 6) is 0.523. The first-order chi connectivity index (χ1) is 12.0.